The Labute approximate surface area is 166 Å². The number of guanidine groups is 1. The molecule has 1 unspecified atom stereocenters. The van der Waals surface area contributed by atoms with Gasteiger partial charge in [-0.1, -0.05) is 13.3 Å². The lowest BCUT2D eigenvalue weighted by molar-refractivity contribution is -0.130. The molecule has 0 aromatic carbocycles. The van der Waals surface area contributed by atoms with Gasteiger partial charge in [0.05, 0.1) is 6.54 Å². The average molecular weight is 380 g/mol. The normalized spacial score (nSPS) is 21.8. The predicted molar refractivity (Wildman–Crippen MR) is 113 cm³/mol. The van der Waals surface area contributed by atoms with Crippen LogP contribution >= 0.6 is 0 Å². The summed E-state index contributed by atoms with van der Waals surface area (Å²) in [6, 6.07) is 0.489. The summed E-state index contributed by atoms with van der Waals surface area (Å²) >= 11 is 0. The second kappa shape index (κ2) is 12.2. The number of piperidine rings is 1. The van der Waals surface area contributed by atoms with Gasteiger partial charge in [-0.2, -0.15) is 0 Å². The first kappa shape index (κ1) is 22.0. The molecular weight excluding hydrogens is 338 g/mol. The molecule has 2 heterocycles. The van der Waals surface area contributed by atoms with E-state index in [2.05, 4.69) is 36.3 Å². The second-order valence-corrected chi connectivity index (χ2v) is 8.26. The Hall–Kier alpha value is -1.30. The van der Waals surface area contributed by atoms with Crippen molar-refractivity contribution in [3.63, 3.8) is 0 Å². The number of nitrogens with one attached hydrogen (secondary N) is 2. The first-order chi connectivity index (χ1) is 13.1. The zero-order valence-electron chi connectivity index (χ0n) is 17.8. The molecular formula is C21H41N5O. The van der Waals surface area contributed by atoms with Crippen molar-refractivity contribution in [2.75, 3.05) is 45.8 Å². The number of carbonyl (C=O) groups is 1. The van der Waals surface area contributed by atoms with Crippen molar-refractivity contribution in [1.29, 1.82) is 0 Å². The monoisotopic (exact) mass is 379 g/mol. The predicted octanol–water partition coefficient (Wildman–Crippen LogP) is 2.45. The summed E-state index contributed by atoms with van der Waals surface area (Å²) in [6.07, 6.45) is 7.70. The van der Waals surface area contributed by atoms with Crippen LogP contribution < -0.4 is 10.6 Å². The van der Waals surface area contributed by atoms with Crippen molar-refractivity contribution in [3.8, 4) is 0 Å². The van der Waals surface area contributed by atoms with E-state index in [9.17, 15) is 4.79 Å². The molecule has 156 valence electrons. The van der Waals surface area contributed by atoms with E-state index < -0.39 is 0 Å². The number of carbonyl (C=O) groups excluding carboxylic acids is 1. The van der Waals surface area contributed by atoms with Crippen molar-refractivity contribution >= 4 is 11.9 Å². The van der Waals surface area contributed by atoms with Crippen molar-refractivity contribution in [2.24, 2.45) is 10.9 Å². The van der Waals surface area contributed by atoms with E-state index in [-0.39, 0.29) is 0 Å². The first-order valence-corrected chi connectivity index (χ1v) is 11.1. The maximum absolute atomic E-state index is 12.1. The quantitative estimate of drug-likeness (QED) is 0.386. The molecule has 2 aliphatic rings. The molecule has 0 aromatic heterocycles. The van der Waals surface area contributed by atoms with Crippen LogP contribution in [0.5, 0.6) is 0 Å². The Morgan fingerprint density at radius 3 is 2.70 bits per heavy atom. The Kier molecular flexibility index (Phi) is 9.95. The van der Waals surface area contributed by atoms with Crippen LogP contribution in [0.3, 0.4) is 0 Å². The van der Waals surface area contributed by atoms with Crippen molar-refractivity contribution in [2.45, 2.75) is 71.8 Å². The highest BCUT2D eigenvalue weighted by Gasteiger charge is 2.20. The number of nitrogens with zero attached hydrogens (tertiary/aromatic N) is 3. The van der Waals surface area contributed by atoms with E-state index in [1.54, 1.807) is 0 Å². The summed E-state index contributed by atoms with van der Waals surface area (Å²) in [7, 11) is 0. The van der Waals surface area contributed by atoms with E-state index in [1.165, 1.54) is 32.4 Å². The standard InChI is InChI=1S/C21H41N5O/c1-4-22-21(24-17-19(3)25-15-10-18(2)11-16-25)23-12-8-14-26-13-7-5-6-9-20(26)27/h18-19H,4-17H2,1-3H3,(H2,22,23,24). The molecule has 2 N–H and O–H groups in total. The number of aliphatic imine (C=N–C) groups is 1. The molecule has 0 radical (unpaired) electrons. The number of hydrogen-bond acceptors (Lipinski definition) is 3. The second-order valence-electron chi connectivity index (χ2n) is 8.26. The van der Waals surface area contributed by atoms with Gasteiger partial charge in [0.25, 0.3) is 0 Å². The lowest BCUT2D eigenvalue weighted by Crippen LogP contribution is -2.43. The van der Waals surface area contributed by atoms with Crippen LogP contribution in [-0.2, 0) is 4.79 Å². The summed E-state index contributed by atoms with van der Waals surface area (Å²) in [5.41, 5.74) is 0. The molecule has 0 bridgehead atoms. The number of rotatable bonds is 8. The van der Waals surface area contributed by atoms with Crippen LogP contribution in [0, 0.1) is 5.92 Å². The van der Waals surface area contributed by atoms with Gasteiger partial charge in [0.1, 0.15) is 0 Å². The summed E-state index contributed by atoms with van der Waals surface area (Å²) in [5.74, 6) is 2.10. The Morgan fingerprint density at radius 1 is 1.19 bits per heavy atom. The first-order valence-electron chi connectivity index (χ1n) is 11.1. The van der Waals surface area contributed by atoms with E-state index in [0.29, 0.717) is 11.9 Å². The lowest BCUT2D eigenvalue weighted by atomic mass is 9.98. The van der Waals surface area contributed by atoms with Crippen molar-refractivity contribution in [3.05, 3.63) is 0 Å². The van der Waals surface area contributed by atoms with Gasteiger partial charge >= 0.3 is 0 Å². The van der Waals surface area contributed by atoms with Crippen LogP contribution in [0.25, 0.3) is 0 Å². The SMILES string of the molecule is CCNC(=NCC(C)N1CCC(C)CC1)NCCCN1CCCCCC1=O. The van der Waals surface area contributed by atoms with Crippen molar-refractivity contribution < 1.29 is 4.79 Å². The highest BCUT2D eigenvalue weighted by molar-refractivity contribution is 5.79. The van der Waals surface area contributed by atoms with Gasteiger partial charge in [-0.05, 0) is 65.0 Å². The maximum Gasteiger partial charge on any atom is 0.222 e. The van der Waals surface area contributed by atoms with E-state index in [1.807, 2.05) is 4.90 Å². The van der Waals surface area contributed by atoms with Gasteiger partial charge in [-0.15, -0.1) is 0 Å². The summed E-state index contributed by atoms with van der Waals surface area (Å²) in [5, 5.41) is 6.78. The van der Waals surface area contributed by atoms with E-state index in [4.69, 9.17) is 4.99 Å². The van der Waals surface area contributed by atoms with Crippen LogP contribution in [-0.4, -0.2) is 73.5 Å². The molecule has 2 rings (SSSR count). The Bertz CT molecular complexity index is 459. The van der Waals surface area contributed by atoms with Crippen LogP contribution in [0.15, 0.2) is 4.99 Å². The Morgan fingerprint density at radius 2 is 1.96 bits per heavy atom. The Balaban J connectivity index is 1.70. The molecule has 0 spiro atoms. The van der Waals surface area contributed by atoms with Gasteiger partial charge in [0.15, 0.2) is 5.96 Å². The van der Waals surface area contributed by atoms with E-state index in [0.717, 1.165) is 70.3 Å². The maximum atomic E-state index is 12.1. The zero-order valence-corrected chi connectivity index (χ0v) is 17.8. The van der Waals surface area contributed by atoms with Crippen LogP contribution in [0.2, 0.25) is 0 Å². The van der Waals surface area contributed by atoms with Gasteiger partial charge in [0, 0.05) is 38.6 Å². The number of amides is 1. The fourth-order valence-electron chi connectivity index (χ4n) is 3.90. The molecule has 2 saturated heterocycles. The lowest BCUT2D eigenvalue weighted by Gasteiger charge is -2.34. The third-order valence-corrected chi connectivity index (χ3v) is 5.87. The van der Waals surface area contributed by atoms with Crippen LogP contribution in [0.1, 0.15) is 65.7 Å². The molecule has 27 heavy (non-hydrogen) atoms. The smallest absolute Gasteiger partial charge is 0.222 e. The minimum atomic E-state index is 0.331. The highest BCUT2D eigenvalue weighted by Crippen LogP contribution is 2.18. The molecule has 2 aliphatic heterocycles. The summed E-state index contributed by atoms with van der Waals surface area (Å²) in [6.45, 7) is 13.5. The summed E-state index contributed by atoms with van der Waals surface area (Å²) < 4.78 is 0. The largest absolute Gasteiger partial charge is 0.357 e. The fourth-order valence-corrected chi connectivity index (χ4v) is 3.90. The third-order valence-electron chi connectivity index (χ3n) is 5.87. The van der Waals surface area contributed by atoms with Gasteiger partial charge in [-0.3, -0.25) is 14.7 Å². The molecule has 6 nitrogen and oxygen atoms in total. The van der Waals surface area contributed by atoms with Gasteiger partial charge in [0.2, 0.25) is 5.91 Å². The number of hydrogen-bond donors (Lipinski definition) is 2. The van der Waals surface area contributed by atoms with Crippen LogP contribution in [0.4, 0.5) is 0 Å². The molecule has 2 fully saturated rings. The third kappa shape index (κ3) is 8.08. The van der Waals surface area contributed by atoms with Crippen molar-refractivity contribution in [1.82, 2.24) is 20.4 Å². The minimum absolute atomic E-state index is 0.331. The number of likely N-dealkylation sites (tertiary alicyclic amines) is 2. The molecule has 0 saturated carbocycles. The minimum Gasteiger partial charge on any atom is -0.357 e. The van der Waals surface area contributed by atoms with Gasteiger partial charge in [-0.25, -0.2) is 0 Å². The fraction of sp³-hybridized carbons (Fsp3) is 0.905. The molecule has 0 aliphatic carbocycles. The molecule has 1 atom stereocenters. The average Bonchev–Trinajstić information content (AvgIpc) is 2.87. The molecule has 0 aromatic rings. The van der Waals surface area contributed by atoms with E-state index >= 15 is 0 Å². The molecule has 6 heteroatoms. The summed E-state index contributed by atoms with van der Waals surface area (Å²) in [4.78, 5) is 21.5. The zero-order chi connectivity index (χ0) is 19.5. The highest BCUT2D eigenvalue weighted by atomic mass is 16.2. The topological polar surface area (TPSA) is 60.0 Å². The molecule has 1 amide bonds. The van der Waals surface area contributed by atoms with Gasteiger partial charge < -0.3 is 15.5 Å².